The normalized spacial score (nSPS) is 11.2. The molecule has 0 saturated carbocycles. The van der Waals surface area contributed by atoms with Crippen molar-refractivity contribution in [2.45, 2.75) is 13.0 Å². The molecule has 0 bridgehead atoms. The van der Waals surface area contributed by atoms with Crippen LogP contribution in [0.3, 0.4) is 0 Å². The van der Waals surface area contributed by atoms with Gasteiger partial charge in [0.25, 0.3) is 11.8 Å². The van der Waals surface area contributed by atoms with Crippen LogP contribution in [0.15, 0.2) is 78.9 Å². The van der Waals surface area contributed by atoms with Crippen LogP contribution in [0.5, 0.6) is 5.75 Å². The minimum absolute atomic E-state index is 0.369. The van der Waals surface area contributed by atoms with Crippen molar-refractivity contribution in [1.29, 1.82) is 0 Å². The average molecular weight is 432 g/mol. The molecule has 0 aliphatic rings. The molecule has 0 heterocycles. The maximum Gasteiger partial charge on any atom is 0.326 e. The van der Waals surface area contributed by atoms with Crippen molar-refractivity contribution in [3.63, 3.8) is 0 Å². The molecule has 1 atom stereocenters. The van der Waals surface area contributed by atoms with Gasteiger partial charge in [0, 0.05) is 16.8 Å². The lowest BCUT2D eigenvalue weighted by atomic mass is 10.1. The average Bonchev–Trinajstić information content (AvgIpc) is 2.83. The van der Waals surface area contributed by atoms with Gasteiger partial charge in [0.2, 0.25) is 6.10 Å². The zero-order valence-electron chi connectivity index (χ0n) is 17.8. The lowest BCUT2D eigenvalue weighted by molar-refractivity contribution is -0.153. The number of anilines is 1. The lowest BCUT2D eigenvalue weighted by Crippen LogP contribution is -2.33. The smallest absolute Gasteiger partial charge is 0.326 e. The van der Waals surface area contributed by atoms with Crippen molar-refractivity contribution in [2.75, 3.05) is 19.0 Å². The monoisotopic (exact) mass is 432 g/mol. The molecule has 32 heavy (non-hydrogen) atoms. The van der Waals surface area contributed by atoms with Crippen molar-refractivity contribution in [3.8, 4) is 5.75 Å². The van der Waals surface area contributed by atoms with E-state index in [4.69, 9.17) is 9.47 Å². The molecule has 2 N–H and O–H groups in total. The van der Waals surface area contributed by atoms with Gasteiger partial charge < -0.3 is 20.1 Å². The highest BCUT2D eigenvalue weighted by Gasteiger charge is 2.25. The fraction of sp³-hybridized carbons (Fsp3) is 0.160. The second-order valence-corrected chi connectivity index (χ2v) is 7.00. The third kappa shape index (κ3) is 5.95. The largest absolute Gasteiger partial charge is 0.497 e. The van der Waals surface area contributed by atoms with E-state index in [1.807, 2.05) is 6.92 Å². The van der Waals surface area contributed by atoms with Crippen molar-refractivity contribution in [3.05, 3.63) is 95.6 Å². The van der Waals surface area contributed by atoms with Gasteiger partial charge in [0.1, 0.15) is 12.3 Å². The number of rotatable bonds is 8. The summed E-state index contributed by atoms with van der Waals surface area (Å²) < 4.78 is 10.6. The summed E-state index contributed by atoms with van der Waals surface area (Å²) in [4.78, 5) is 37.6. The predicted molar refractivity (Wildman–Crippen MR) is 120 cm³/mol. The fourth-order valence-corrected chi connectivity index (χ4v) is 3.02. The standard InChI is InChI=1S/C25H24N2O5/c1-17-15-20(31-2)13-14-21(17)27-25(30)23(18-9-5-3-6-10-18)32-22(28)16-26-24(29)19-11-7-4-8-12-19/h3-15,23H,16H2,1-2H3,(H,26,29)(H,27,30). The molecule has 1 unspecified atom stereocenters. The maximum atomic E-state index is 13.0. The van der Waals surface area contributed by atoms with E-state index in [1.54, 1.807) is 86.0 Å². The number of carbonyl (C=O) groups is 3. The number of carbonyl (C=O) groups excluding carboxylic acids is 3. The Morgan fingerprint density at radius 1 is 0.906 bits per heavy atom. The van der Waals surface area contributed by atoms with Gasteiger partial charge in [-0.1, -0.05) is 48.5 Å². The zero-order chi connectivity index (χ0) is 22.9. The number of benzene rings is 3. The SMILES string of the molecule is COc1ccc(NC(=O)C(OC(=O)CNC(=O)c2ccccc2)c2ccccc2)c(C)c1. The Kier molecular flexibility index (Phi) is 7.59. The molecule has 164 valence electrons. The van der Waals surface area contributed by atoms with E-state index in [0.29, 0.717) is 22.6 Å². The summed E-state index contributed by atoms with van der Waals surface area (Å²) in [5, 5.41) is 5.30. The second-order valence-electron chi connectivity index (χ2n) is 7.00. The minimum atomic E-state index is -1.18. The van der Waals surface area contributed by atoms with Crippen LogP contribution in [0.4, 0.5) is 5.69 Å². The molecule has 0 saturated heterocycles. The lowest BCUT2D eigenvalue weighted by Gasteiger charge is -2.19. The third-order valence-corrected chi connectivity index (χ3v) is 4.71. The summed E-state index contributed by atoms with van der Waals surface area (Å²) in [6.07, 6.45) is -1.18. The molecule has 0 aliphatic carbocycles. The van der Waals surface area contributed by atoms with Gasteiger partial charge in [-0.25, -0.2) is 0 Å². The molecule has 0 aromatic heterocycles. The van der Waals surface area contributed by atoms with E-state index in [1.165, 1.54) is 0 Å². The highest BCUT2D eigenvalue weighted by Crippen LogP contribution is 2.24. The number of esters is 1. The molecule has 0 aliphatic heterocycles. The van der Waals surface area contributed by atoms with Crippen LogP contribution in [0.2, 0.25) is 0 Å². The van der Waals surface area contributed by atoms with Gasteiger partial charge in [0.15, 0.2) is 0 Å². The molecule has 3 aromatic rings. The van der Waals surface area contributed by atoms with Crippen molar-refractivity contribution >= 4 is 23.5 Å². The topological polar surface area (TPSA) is 93.7 Å². The molecule has 3 aromatic carbocycles. The van der Waals surface area contributed by atoms with E-state index in [0.717, 1.165) is 5.56 Å². The quantitative estimate of drug-likeness (QED) is 0.530. The Bertz CT molecular complexity index is 1080. The van der Waals surface area contributed by atoms with E-state index in [-0.39, 0.29) is 6.54 Å². The molecule has 7 heteroatoms. The van der Waals surface area contributed by atoms with Crippen LogP contribution in [-0.2, 0) is 14.3 Å². The molecule has 0 spiro atoms. The van der Waals surface area contributed by atoms with Crippen LogP contribution in [-0.4, -0.2) is 31.4 Å². The number of amides is 2. The van der Waals surface area contributed by atoms with E-state index in [2.05, 4.69) is 10.6 Å². The molecule has 7 nitrogen and oxygen atoms in total. The number of aryl methyl sites for hydroxylation is 1. The first-order valence-corrected chi connectivity index (χ1v) is 10.0. The molecular formula is C25H24N2O5. The predicted octanol–water partition coefficient (Wildman–Crippen LogP) is 3.66. The number of hydrogen-bond donors (Lipinski definition) is 2. The van der Waals surface area contributed by atoms with Gasteiger partial charge in [0.05, 0.1) is 7.11 Å². The van der Waals surface area contributed by atoms with E-state index in [9.17, 15) is 14.4 Å². The number of ether oxygens (including phenoxy) is 2. The summed E-state index contributed by atoms with van der Waals surface area (Å²) in [5.74, 6) is -0.977. The van der Waals surface area contributed by atoms with Crippen molar-refractivity contribution < 1.29 is 23.9 Å². The van der Waals surface area contributed by atoms with Gasteiger partial charge in [-0.05, 0) is 42.8 Å². The van der Waals surface area contributed by atoms with Gasteiger partial charge in [-0.15, -0.1) is 0 Å². The van der Waals surface area contributed by atoms with Crippen LogP contribution < -0.4 is 15.4 Å². The Morgan fingerprint density at radius 2 is 1.56 bits per heavy atom. The molecule has 0 fully saturated rings. The van der Waals surface area contributed by atoms with E-state index < -0.39 is 23.9 Å². The second kappa shape index (κ2) is 10.8. The van der Waals surface area contributed by atoms with Crippen LogP contribution >= 0.6 is 0 Å². The summed E-state index contributed by atoms with van der Waals surface area (Å²) in [6.45, 7) is 1.46. The van der Waals surface area contributed by atoms with E-state index >= 15 is 0 Å². The summed E-state index contributed by atoms with van der Waals surface area (Å²) in [7, 11) is 1.56. The Hall–Kier alpha value is -4.13. The molecular weight excluding hydrogens is 408 g/mol. The van der Waals surface area contributed by atoms with Gasteiger partial charge in [-0.3, -0.25) is 14.4 Å². The third-order valence-electron chi connectivity index (χ3n) is 4.71. The Labute approximate surface area is 186 Å². The zero-order valence-corrected chi connectivity index (χ0v) is 17.8. The number of hydrogen-bond acceptors (Lipinski definition) is 5. The van der Waals surface area contributed by atoms with Crippen LogP contribution in [0.1, 0.15) is 27.6 Å². The summed E-state index contributed by atoms with van der Waals surface area (Å²) >= 11 is 0. The Morgan fingerprint density at radius 3 is 2.19 bits per heavy atom. The van der Waals surface area contributed by atoms with Crippen LogP contribution in [0, 0.1) is 6.92 Å². The Balaban J connectivity index is 1.69. The van der Waals surface area contributed by atoms with Gasteiger partial charge in [-0.2, -0.15) is 0 Å². The molecule has 3 rings (SSSR count). The first-order valence-electron chi connectivity index (χ1n) is 10.0. The van der Waals surface area contributed by atoms with Crippen LogP contribution in [0.25, 0.3) is 0 Å². The molecule has 2 amide bonds. The maximum absolute atomic E-state index is 13.0. The number of methoxy groups -OCH3 is 1. The fourth-order valence-electron chi connectivity index (χ4n) is 3.02. The van der Waals surface area contributed by atoms with Gasteiger partial charge >= 0.3 is 5.97 Å². The number of nitrogens with one attached hydrogen (secondary N) is 2. The first-order chi connectivity index (χ1) is 15.5. The first kappa shape index (κ1) is 22.6. The summed E-state index contributed by atoms with van der Waals surface area (Å²) in [5.41, 5.74) is 2.31. The van der Waals surface area contributed by atoms with Crippen molar-refractivity contribution in [1.82, 2.24) is 5.32 Å². The minimum Gasteiger partial charge on any atom is -0.497 e. The molecule has 0 radical (unpaired) electrons. The van der Waals surface area contributed by atoms with Crippen molar-refractivity contribution in [2.24, 2.45) is 0 Å². The highest BCUT2D eigenvalue weighted by atomic mass is 16.5. The highest BCUT2D eigenvalue weighted by molar-refractivity contribution is 5.98. The summed E-state index contributed by atoms with van der Waals surface area (Å²) in [6, 6.07) is 22.4.